The summed E-state index contributed by atoms with van der Waals surface area (Å²) in [5, 5.41) is 0. The first kappa shape index (κ1) is 16.8. The van der Waals surface area contributed by atoms with E-state index in [-0.39, 0.29) is 12.5 Å². The smallest absolute Gasteiger partial charge is 0.410 e. The summed E-state index contributed by atoms with van der Waals surface area (Å²) in [5.41, 5.74) is 0.705. The van der Waals surface area contributed by atoms with Gasteiger partial charge in [-0.15, -0.1) is 0 Å². The summed E-state index contributed by atoms with van der Waals surface area (Å²) in [6, 6.07) is 10.1. The van der Waals surface area contributed by atoms with E-state index in [1.165, 1.54) is 10.5 Å². The number of piperidine rings is 1. The van der Waals surface area contributed by atoms with Gasteiger partial charge in [-0.3, -0.25) is 0 Å². The molecule has 0 saturated carbocycles. The van der Waals surface area contributed by atoms with Crippen molar-refractivity contribution in [1.82, 2.24) is 4.90 Å². The molecule has 0 aliphatic carbocycles. The highest BCUT2D eigenvalue weighted by Gasteiger charge is 2.33. The molecule has 0 unspecified atom stereocenters. The Morgan fingerprint density at radius 2 is 2.00 bits per heavy atom. The largest absolute Gasteiger partial charge is 0.444 e. The fourth-order valence-corrected chi connectivity index (χ4v) is 2.77. The molecule has 4 heteroatoms. The Hall–Kier alpha value is -1.58. The second kappa shape index (κ2) is 7.12. The number of benzene rings is 1. The fourth-order valence-electron chi connectivity index (χ4n) is 2.77. The summed E-state index contributed by atoms with van der Waals surface area (Å²) in [4.78, 5) is 13.5. The number of likely N-dealkylation sites (tertiary alicyclic amines) is 1. The summed E-state index contributed by atoms with van der Waals surface area (Å²) < 4.78 is 19.7. The number of aryl methyl sites for hydroxylation is 1. The van der Waals surface area contributed by atoms with E-state index in [2.05, 4.69) is 12.1 Å². The molecule has 2 atom stereocenters. The molecule has 1 aromatic carbocycles. The first-order valence-electron chi connectivity index (χ1n) is 8.01. The van der Waals surface area contributed by atoms with E-state index in [1.54, 1.807) is 0 Å². The van der Waals surface area contributed by atoms with Crippen LogP contribution in [-0.4, -0.2) is 35.9 Å². The molecule has 0 bridgehead atoms. The zero-order chi connectivity index (χ0) is 16.2. The summed E-state index contributed by atoms with van der Waals surface area (Å²) in [5.74, 6) is 0.0268. The molecule has 1 fully saturated rings. The SMILES string of the molecule is CC(C)(C)OC(=O)N1CC[C@@H](CCc2ccccc2)[C@@H](F)C1. The molecule has 22 heavy (non-hydrogen) atoms. The minimum atomic E-state index is -0.968. The fraction of sp³-hybridized carbons (Fsp3) is 0.611. The number of halogens is 1. The molecule has 0 spiro atoms. The number of ether oxygens (including phenoxy) is 1. The van der Waals surface area contributed by atoms with Crippen LogP contribution >= 0.6 is 0 Å². The van der Waals surface area contributed by atoms with Crippen LogP contribution in [0.3, 0.4) is 0 Å². The summed E-state index contributed by atoms with van der Waals surface area (Å²) >= 11 is 0. The van der Waals surface area contributed by atoms with Crippen molar-refractivity contribution in [3.05, 3.63) is 35.9 Å². The van der Waals surface area contributed by atoms with Gasteiger partial charge in [-0.25, -0.2) is 9.18 Å². The maximum absolute atomic E-state index is 14.3. The normalized spacial score (nSPS) is 22.5. The zero-order valence-electron chi connectivity index (χ0n) is 13.7. The quantitative estimate of drug-likeness (QED) is 0.837. The lowest BCUT2D eigenvalue weighted by Crippen LogP contribution is -2.46. The van der Waals surface area contributed by atoms with Crippen molar-refractivity contribution >= 4 is 6.09 Å². The van der Waals surface area contributed by atoms with E-state index in [0.29, 0.717) is 13.0 Å². The van der Waals surface area contributed by atoms with Crippen molar-refractivity contribution in [2.75, 3.05) is 13.1 Å². The van der Waals surface area contributed by atoms with Gasteiger partial charge in [0, 0.05) is 6.54 Å². The van der Waals surface area contributed by atoms with Crippen molar-refractivity contribution in [3.8, 4) is 0 Å². The summed E-state index contributed by atoms with van der Waals surface area (Å²) in [7, 11) is 0. The molecule has 1 saturated heterocycles. The first-order chi connectivity index (χ1) is 10.3. The average molecular weight is 307 g/mol. The van der Waals surface area contributed by atoms with E-state index in [1.807, 2.05) is 39.0 Å². The van der Waals surface area contributed by atoms with Crippen molar-refractivity contribution in [2.24, 2.45) is 5.92 Å². The van der Waals surface area contributed by atoms with Crippen LogP contribution in [0.5, 0.6) is 0 Å². The van der Waals surface area contributed by atoms with Crippen LogP contribution in [0.15, 0.2) is 30.3 Å². The number of rotatable bonds is 3. The molecule has 2 rings (SSSR count). The van der Waals surface area contributed by atoms with E-state index in [0.717, 1.165) is 12.8 Å². The zero-order valence-corrected chi connectivity index (χ0v) is 13.7. The number of hydrogen-bond donors (Lipinski definition) is 0. The van der Waals surface area contributed by atoms with E-state index in [9.17, 15) is 9.18 Å². The monoisotopic (exact) mass is 307 g/mol. The number of alkyl halides is 1. The lowest BCUT2D eigenvalue weighted by Gasteiger charge is -2.35. The van der Waals surface area contributed by atoms with Crippen molar-refractivity contribution in [1.29, 1.82) is 0 Å². The van der Waals surface area contributed by atoms with Crippen LogP contribution in [0, 0.1) is 5.92 Å². The first-order valence-corrected chi connectivity index (χ1v) is 8.01. The minimum absolute atomic E-state index is 0.0268. The van der Waals surface area contributed by atoms with Crippen LogP contribution in [0.2, 0.25) is 0 Å². The van der Waals surface area contributed by atoms with Crippen LogP contribution in [-0.2, 0) is 11.2 Å². The highest BCUT2D eigenvalue weighted by atomic mass is 19.1. The molecular formula is C18H26FNO2. The molecule has 122 valence electrons. The maximum atomic E-state index is 14.3. The Morgan fingerprint density at radius 3 is 2.59 bits per heavy atom. The van der Waals surface area contributed by atoms with Gasteiger partial charge in [0.2, 0.25) is 0 Å². The molecule has 1 aliphatic rings. The predicted molar refractivity (Wildman–Crippen MR) is 85.6 cm³/mol. The van der Waals surface area contributed by atoms with Gasteiger partial charge in [-0.2, -0.15) is 0 Å². The molecule has 0 N–H and O–H groups in total. The van der Waals surface area contributed by atoms with Crippen molar-refractivity contribution < 1.29 is 13.9 Å². The van der Waals surface area contributed by atoms with Crippen LogP contribution in [0.1, 0.15) is 39.2 Å². The van der Waals surface area contributed by atoms with Crippen molar-refractivity contribution in [3.63, 3.8) is 0 Å². The predicted octanol–water partition coefficient (Wildman–Crippen LogP) is 4.21. The topological polar surface area (TPSA) is 29.5 Å². The van der Waals surface area contributed by atoms with Crippen molar-refractivity contribution in [2.45, 2.75) is 51.8 Å². The second-order valence-electron chi connectivity index (χ2n) is 7.02. The number of amides is 1. The third-order valence-corrected chi connectivity index (χ3v) is 3.97. The van der Waals surface area contributed by atoms with Gasteiger partial charge in [-0.1, -0.05) is 30.3 Å². The number of carbonyl (C=O) groups excluding carboxylic acids is 1. The highest BCUT2D eigenvalue weighted by molar-refractivity contribution is 5.68. The van der Waals surface area contributed by atoms with Crippen LogP contribution < -0.4 is 0 Å². The molecule has 1 heterocycles. The lowest BCUT2D eigenvalue weighted by molar-refractivity contribution is 0.00472. The molecule has 3 nitrogen and oxygen atoms in total. The Kier molecular flexibility index (Phi) is 5.43. The molecule has 0 aromatic heterocycles. The Morgan fingerprint density at radius 1 is 1.32 bits per heavy atom. The highest BCUT2D eigenvalue weighted by Crippen LogP contribution is 2.26. The average Bonchev–Trinajstić information content (AvgIpc) is 2.45. The van der Waals surface area contributed by atoms with Gasteiger partial charge in [0.1, 0.15) is 11.8 Å². The van der Waals surface area contributed by atoms with E-state index < -0.39 is 17.9 Å². The Bertz CT molecular complexity index is 484. The third kappa shape index (κ3) is 5.00. The van der Waals surface area contributed by atoms with E-state index >= 15 is 0 Å². The summed E-state index contributed by atoms with van der Waals surface area (Å²) in [6.07, 6.45) is 1.04. The van der Waals surface area contributed by atoms with Gasteiger partial charge >= 0.3 is 6.09 Å². The van der Waals surface area contributed by atoms with Gasteiger partial charge in [0.05, 0.1) is 6.54 Å². The van der Waals surface area contributed by atoms with E-state index in [4.69, 9.17) is 4.74 Å². The third-order valence-electron chi connectivity index (χ3n) is 3.97. The summed E-state index contributed by atoms with van der Waals surface area (Å²) in [6.45, 7) is 6.20. The van der Waals surface area contributed by atoms with Gasteiger partial charge in [0.15, 0.2) is 0 Å². The number of hydrogen-bond acceptors (Lipinski definition) is 2. The molecule has 1 aromatic rings. The van der Waals surface area contributed by atoms with Crippen LogP contribution in [0.4, 0.5) is 9.18 Å². The number of nitrogens with zero attached hydrogens (tertiary/aromatic N) is 1. The molecule has 1 aliphatic heterocycles. The molecular weight excluding hydrogens is 281 g/mol. The van der Waals surface area contributed by atoms with Crippen LogP contribution in [0.25, 0.3) is 0 Å². The number of carbonyl (C=O) groups is 1. The standard InChI is InChI=1S/C18H26FNO2/c1-18(2,3)22-17(21)20-12-11-15(16(19)13-20)10-9-14-7-5-4-6-8-14/h4-8,15-16H,9-13H2,1-3H3/t15-,16+/m1/s1. The Labute approximate surface area is 132 Å². The minimum Gasteiger partial charge on any atom is -0.444 e. The van der Waals surface area contributed by atoms with Gasteiger partial charge in [-0.05, 0) is 51.5 Å². The van der Waals surface area contributed by atoms with Gasteiger partial charge in [0.25, 0.3) is 0 Å². The van der Waals surface area contributed by atoms with Gasteiger partial charge < -0.3 is 9.64 Å². The molecule has 1 amide bonds. The second-order valence-corrected chi connectivity index (χ2v) is 7.02. The lowest BCUT2D eigenvalue weighted by atomic mass is 9.89. The Balaban J connectivity index is 1.81. The maximum Gasteiger partial charge on any atom is 0.410 e. The molecule has 0 radical (unpaired) electrons.